The van der Waals surface area contributed by atoms with E-state index >= 15 is 0 Å². The number of aliphatic carboxylic acids is 1. The third kappa shape index (κ3) is 4.73. The molecular formula is C21H14ClFN6O2. The van der Waals surface area contributed by atoms with E-state index in [-0.39, 0.29) is 11.0 Å². The molecule has 10 heteroatoms. The molecule has 0 unspecified atom stereocenters. The molecule has 0 aliphatic rings. The van der Waals surface area contributed by atoms with Gasteiger partial charge in [0.05, 0.1) is 17.4 Å². The highest BCUT2D eigenvalue weighted by atomic mass is 35.5. The molecular weight excluding hydrogens is 423 g/mol. The Hall–Kier alpha value is -4.11. The van der Waals surface area contributed by atoms with Gasteiger partial charge in [-0.1, -0.05) is 35.0 Å². The van der Waals surface area contributed by atoms with Crippen molar-refractivity contribution < 1.29 is 14.3 Å². The molecule has 0 aliphatic heterocycles. The van der Waals surface area contributed by atoms with Crippen LogP contribution in [0.1, 0.15) is 5.56 Å². The van der Waals surface area contributed by atoms with Gasteiger partial charge in [-0.3, -0.25) is 0 Å². The molecule has 0 amide bonds. The Morgan fingerprint density at radius 3 is 2.84 bits per heavy atom. The average molecular weight is 437 g/mol. The minimum absolute atomic E-state index is 0.0237. The lowest BCUT2D eigenvalue weighted by atomic mass is 10.0. The lowest BCUT2D eigenvalue weighted by Gasteiger charge is -2.12. The maximum absolute atomic E-state index is 13.4. The second-order valence-corrected chi connectivity index (χ2v) is 6.74. The summed E-state index contributed by atoms with van der Waals surface area (Å²) in [4.78, 5) is 19.7. The predicted octanol–water partition coefficient (Wildman–Crippen LogP) is 4.36. The summed E-state index contributed by atoms with van der Waals surface area (Å²) in [5.74, 6) is -0.863. The first-order chi connectivity index (χ1) is 15.0. The van der Waals surface area contributed by atoms with Gasteiger partial charge in [-0.25, -0.2) is 18.9 Å². The maximum atomic E-state index is 13.4. The number of aromatic nitrogens is 5. The Labute approximate surface area is 180 Å². The third-order valence-electron chi connectivity index (χ3n) is 4.20. The highest BCUT2D eigenvalue weighted by Crippen LogP contribution is 2.28. The van der Waals surface area contributed by atoms with Crippen molar-refractivity contribution in [3.63, 3.8) is 0 Å². The third-order valence-corrected chi connectivity index (χ3v) is 4.49. The fourth-order valence-corrected chi connectivity index (χ4v) is 2.99. The maximum Gasteiger partial charge on any atom is 0.328 e. The van der Waals surface area contributed by atoms with Crippen LogP contribution in [-0.2, 0) is 4.79 Å². The van der Waals surface area contributed by atoms with Crippen molar-refractivity contribution in [2.75, 3.05) is 5.32 Å². The molecule has 154 valence electrons. The van der Waals surface area contributed by atoms with Crippen LogP contribution in [0.15, 0.2) is 67.1 Å². The molecule has 2 aromatic carbocycles. The molecule has 0 radical (unpaired) electrons. The van der Waals surface area contributed by atoms with Crippen LogP contribution >= 0.6 is 11.6 Å². The zero-order valence-corrected chi connectivity index (χ0v) is 16.5. The summed E-state index contributed by atoms with van der Waals surface area (Å²) >= 11 is 5.84. The van der Waals surface area contributed by atoms with E-state index < -0.39 is 11.8 Å². The first-order valence-electron chi connectivity index (χ1n) is 8.97. The monoisotopic (exact) mass is 436 g/mol. The minimum atomic E-state index is -1.03. The van der Waals surface area contributed by atoms with E-state index in [0.717, 1.165) is 11.6 Å². The number of hydrogen-bond donors (Lipinski definition) is 2. The fraction of sp³-hybridized carbons (Fsp3) is 0. The van der Waals surface area contributed by atoms with Gasteiger partial charge in [0.15, 0.2) is 5.82 Å². The second-order valence-electron chi connectivity index (χ2n) is 6.33. The van der Waals surface area contributed by atoms with Gasteiger partial charge >= 0.3 is 5.97 Å². The van der Waals surface area contributed by atoms with Gasteiger partial charge in [0.1, 0.15) is 5.82 Å². The molecule has 4 aromatic rings. The predicted molar refractivity (Wildman–Crippen MR) is 114 cm³/mol. The molecule has 0 bridgehead atoms. The molecule has 0 aliphatic carbocycles. The molecule has 0 spiro atoms. The molecule has 31 heavy (non-hydrogen) atoms. The number of anilines is 2. The van der Waals surface area contributed by atoms with Crippen LogP contribution in [0.4, 0.5) is 16.0 Å². The van der Waals surface area contributed by atoms with Gasteiger partial charge < -0.3 is 10.4 Å². The lowest BCUT2D eigenvalue weighted by molar-refractivity contribution is -0.131. The summed E-state index contributed by atoms with van der Waals surface area (Å²) in [6.45, 7) is 0. The van der Waals surface area contributed by atoms with Crippen LogP contribution < -0.4 is 5.32 Å². The molecule has 0 atom stereocenters. The highest BCUT2D eigenvalue weighted by Gasteiger charge is 2.13. The Balaban J connectivity index is 1.74. The van der Waals surface area contributed by atoms with Gasteiger partial charge in [0.25, 0.3) is 0 Å². The number of rotatable bonds is 6. The first-order valence-corrected chi connectivity index (χ1v) is 9.34. The van der Waals surface area contributed by atoms with Gasteiger partial charge in [-0.2, -0.15) is 4.98 Å². The number of carboxylic acid groups (broad SMARTS) is 1. The van der Waals surface area contributed by atoms with Crippen molar-refractivity contribution in [2.45, 2.75) is 0 Å². The number of hydrogen-bond acceptors (Lipinski definition) is 6. The Morgan fingerprint density at radius 2 is 2.10 bits per heavy atom. The summed E-state index contributed by atoms with van der Waals surface area (Å²) in [7, 11) is 0. The molecule has 2 heterocycles. The van der Waals surface area contributed by atoms with Crippen LogP contribution in [0, 0.1) is 5.82 Å². The van der Waals surface area contributed by atoms with Gasteiger partial charge in [0, 0.05) is 23.5 Å². The van der Waals surface area contributed by atoms with E-state index in [4.69, 9.17) is 16.7 Å². The van der Waals surface area contributed by atoms with Crippen molar-refractivity contribution in [2.24, 2.45) is 0 Å². The quantitative estimate of drug-likeness (QED) is 0.432. The van der Waals surface area contributed by atoms with Crippen LogP contribution in [0.25, 0.3) is 23.0 Å². The molecule has 4 rings (SSSR count). The first kappa shape index (κ1) is 20.2. The van der Waals surface area contributed by atoms with E-state index in [1.807, 2.05) is 12.1 Å². The van der Waals surface area contributed by atoms with Gasteiger partial charge in [-0.05, 0) is 41.5 Å². The van der Waals surface area contributed by atoms with E-state index in [9.17, 15) is 9.18 Å². The Kier molecular flexibility index (Phi) is 5.67. The van der Waals surface area contributed by atoms with Crippen molar-refractivity contribution in [3.8, 4) is 16.9 Å². The standard InChI is InChI=1S/C21H14ClFN6O2/c22-17-11-15(5-6-18(17)23)26-21-24-12-16(20(27-21)29-9-8-25-28-29)14-3-1-2-13(10-14)4-7-19(30)31/h1-12H,(H,30,31)(H,24,26,27)/b7-4+. The van der Waals surface area contributed by atoms with Gasteiger partial charge in [-0.15, -0.1) is 5.10 Å². The van der Waals surface area contributed by atoms with Crippen LogP contribution in [0.3, 0.4) is 0 Å². The summed E-state index contributed by atoms with van der Waals surface area (Å²) < 4.78 is 14.9. The minimum Gasteiger partial charge on any atom is -0.478 e. The van der Waals surface area contributed by atoms with E-state index in [1.165, 1.54) is 35.2 Å². The van der Waals surface area contributed by atoms with E-state index in [2.05, 4.69) is 25.6 Å². The summed E-state index contributed by atoms with van der Waals surface area (Å²) in [6.07, 6.45) is 7.33. The highest BCUT2D eigenvalue weighted by molar-refractivity contribution is 6.31. The molecule has 0 fully saturated rings. The number of carbonyl (C=O) groups is 1. The molecule has 8 nitrogen and oxygen atoms in total. The summed E-state index contributed by atoms with van der Waals surface area (Å²) in [5.41, 5.74) is 2.63. The van der Waals surface area contributed by atoms with Crippen LogP contribution in [-0.4, -0.2) is 36.0 Å². The SMILES string of the molecule is O=C(O)/C=C/c1cccc(-c2cnc(Nc3ccc(F)c(Cl)c3)nc2-n2ccnn2)c1. The van der Waals surface area contributed by atoms with E-state index in [1.54, 1.807) is 24.5 Å². The zero-order valence-electron chi connectivity index (χ0n) is 15.8. The van der Waals surface area contributed by atoms with E-state index in [0.29, 0.717) is 22.6 Å². The van der Waals surface area contributed by atoms with Crippen molar-refractivity contribution in [1.82, 2.24) is 25.0 Å². The van der Waals surface area contributed by atoms with Crippen molar-refractivity contribution >= 4 is 35.3 Å². The second kappa shape index (κ2) is 8.72. The smallest absolute Gasteiger partial charge is 0.328 e. The normalized spacial score (nSPS) is 11.0. The number of benzene rings is 2. The Bertz CT molecular complexity index is 1280. The van der Waals surface area contributed by atoms with Gasteiger partial charge in [0.2, 0.25) is 5.95 Å². The largest absolute Gasteiger partial charge is 0.478 e. The number of nitrogens with zero attached hydrogens (tertiary/aromatic N) is 5. The lowest BCUT2D eigenvalue weighted by Crippen LogP contribution is -2.06. The van der Waals surface area contributed by atoms with Crippen molar-refractivity contribution in [3.05, 3.63) is 83.5 Å². The van der Waals surface area contributed by atoms with Crippen molar-refractivity contribution in [1.29, 1.82) is 0 Å². The average Bonchev–Trinajstić information content (AvgIpc) is 3.30. The van der Waals surface area contributed by atoms with Crippen LogP contribution in [0.5, 0.6) is 0 Å². The number of halogens is 2. The molecule has 0 saturated carbocycles. The topological polar surface area (TPSA) is 106 Å². The summed E-state index contributed by atoms with van der Waals surface area (Å²) in [6, 6.07) is 11.4. The van der Waals surface area contributed by atoms with Crippen LogP contribution in [0.2, 0.25) is 5.02 Å². The number of nitrogens with one attached hydrogen (secondary N) is 1. The Morgan fingerprint density at radius 1 is 1.23 bits per heavy atom. The fourth-order valence-electron chi connectivity index (χ4n) is 2.81. The summed E-state index contributed by atoms with van der Waals surface area (Å²) in [5, 5.41) is 19.7. The molecule has 2 N–H and O–H groups in total. The zero-order chi connectivity index (χ0) is 21.8. The molecule has 2 aromatic heterocycles. The molecule has 0 saturated heterocycles. The number of carboxylic acids is 1.